The largest absolute Gasteiger partial charge is 0.471 e. The van der Waals surface area contributed by atoms with Crippen molar-refractivity contribution in [2.75, 3.05) is 6.54 Å². The first-order valence-corrected chi connectivity index (χ1v) is 6.80. The van der Waals surface area contributed by atoms with Crippen LogP contribution < -0.4 is 5.32 Å². The van der Waals surface area contributed by atoms with E-state index in [0.717, 1.165) is 25.3 Å². The van der Waals surface area contributed by atoms with Gasteiger partial charge in [0.1, 0.15) is 5.60 Å². The number of nitrogens with zero attached hydrogens (tertiary/aromatic N) is 1. The molecule has 3 nitrogen and oxygen atoms in total. The summed E-state index contributed by atoms with van der Waals surface area (Å²) in [6.45, 7) is 11.9. The highest BCUT2D eigenvalue weighted by Gasteiger charge is 2.54. The molecule has 0 aromatic heterocycles. The third kappa shape index (κ3) is 1.75. The Hall–Kier alpha value is -0.700. The first kappa shape index (κ1) is 11.4. The van der Waals surface area contributed by atoms with Crippen molar-refractivity contribution in [2.45, 2.75) is 69.7 Å². The summed E-state index contributed by atoms with van der Waals surface area (Å²) in [6, 6.07) is 1.39. The molecule has 1 N–H and O–H groups in total. The van der Waals surface area contributed by atoms with E-state index in [1.807, 2.05) is 0 Å². The van der Waals surface area contributed by atoms with Crippen LogP contribution in [0, 0.1) is 0 Å². The standard InChI is InChI=1S/C14H24N2O/c1-10-15-9-14(17-10)7-11-5-6-12(8-14)16(11)13(2,3)4/h11-12,15H,1,5-9H2,2-4H3/t11-,12?,14?/m1/s1. The van der Waals surface area contributed by atoms with Crippen molar-refractivity contribution in [3.63, 3.8) is 0 Å². The molecular formula is C14H24N2O. The molecule has 2 unspecified atom stereocenters. The van der Waals surface area contributed by atoms with Crippen molar-refractivity contribution in [2.24, 2.45) is 0 Å². The van der Waals surface area contributed by atoms with E-state index in [1.165, 1.54) is 12.8 Å². The number of nitrogens with one attached hydrogen (secondary N) is 1. The zero-order chi connectivity index (χ0) is 12.3. The van der Waals surface area contributed by atoms with E-state index in [4.69, 9.17) is 4.74 Å². The lowest BCUT2D eigenvalue weighted by atomic mass is 9.83. The van der Waals surface area contributed by atoms with E-state index in [2.05, 4.69) is 37.6 Å². The molecule has 17 heavy (non-hydrogen) atoms. The van der Waals surface area contributed by atoms with E-state index in [1.54, 1.807) is 0 Å². The van der Waals surface area contributed by atoms with Crippen molar-refractivity contribution in [3.05, 3.63) is 12.5 Å². The van der Waals surface area contributed by atoms with Crippen molar-refractivity contribution >= 4 is 0 Å². The molecule has 3 saturated heterocycles. The lowest BCUT2D eigenvalue weighted by Gasteiger charge is -2.49. The summed E-state index contributed by atoms with van der Waals surface area (Å²) in [5.74, 6) is 0.772. The molecule has 0 saturated carbocycles. The molecule has 3 atom stereocenters. The van der Waals surface area contributed by atoms with Crippen LogP contribution in [0.1, 0.15) is 46.5 Å². The van der Waals surface area contributed by atoms with Crippen LogP contribution in [0.2, 0.25) is 0 Å². The van der Waals surface area contributed by atoms with E-state index in [0.29, 0.717) is 12.1 Å². The highest BCUT2D eigenvalue weighted by molar-refractivity contribution is 5.11. The average molecular weight is 236 g/mol. The zero-order valence-corrected chi connectivity index (χ0v) is 11.3. The maximum atomic E-state index is 6.00. The van der Waals surface area contributed by atoms with Gasteiger partial charge in [-0.25, -0.2) is 0 Å². The van der Waals surface area contributed by atoms with Gasteiger partial charge in [-0.2, -0.15) is 0 Å². The van der Waals surface area contributed by atoms with Gasteiger partial charge in [0.05, 0.1) is 6.54 Å². The minimum atomic E-state index is 0.0463. The van der Waals surface area contributed by atoms with Gasteiger partial charge in [-0.1, -0.05) is 0 Å². The molecule has 0 amide bonds. The second-order valence-corrected chi connectivity index (χ2v) is 6.93. The minimum absolute atomic E-state index is 0.0463. The van der Waals surface area contributed by atoms with E-state index in [-0.39, 0.29) is 11.1 Å². The van der Waals surface area contributed by atoms with Gasteiger partial charge in [-0.3, -0.25) is 4.90 Å². The third-order valence-electron chi connectivity index (χ3n) is 4.56. The molecule has 0 aliphatic carbocycles. The molecule has 2 bridgehead atoms. The summed E-state index contributed by atoms with van der Waals surface area (Å²) in [6.07, 6.45) is 4.98. The Morgan fingerprint density at radius 2 is 1.88 bits per heavy atom. The molecule has 0 aromatic rings. The van der Waals surface area contributed by atoms with Crippen molar-refractivity contribution in [1.29, 1.82) is 0 Å². The van der Waals surface area contributed by atoms with Crippen LogP contribution in [-0.4, -0.2) is 34.7 Å². The number of rotatable bonds is 0. The van der Waals surface area contributed by atoms with E-state index < -0.39 is 0 Å². The normalized spacial score (nSPS) is 41.7. The van der Waals surface area contributed by atoms with Crippen LogP contribution in [0.15, 0.2) is 12.5 Å². The van der Waals surface area contributed by atoms with Crippen LogP contribution in [0.3, 0.4) is 0 Å². The van der Waals surface area contributed by atoms with E-state index in [9.17, 15) is 0 Å². The number of hydrogen-bond acceptors (Lipinski definition) is 3. The smallest absolute Gasteiger partial charge is 0.180 e. The molecule has 3 aliphatic rings. The van der Waals surface area contributed by atoms with Crippen molar-refractivity contribution < 1.29 is 4.74 Å². The summed E-state index contributed by atoms with van der Waals surface area (Å²) in [5, 5.41) is 3.27. The summed E-state index contributed by atoms with van der Waals surface area (Å²) >= 11 is 0. The molecule has 3 rings (SSSR count). The molecule has 3 heterocycles. The zero-order valence-electron chi connectivity index (χ0n) is 11.3. The SMILES string of the molecule is C=C1NCC2(CC3CC[C@H](C2)N3C(C)(C)C)O1. The van der Waals surface area contributed by atoms with Crippen LogP contribution in [0.5, 0.6) is 0 Å². The first-order valence-electron chi connectivity index (χ1n) is 6.80. The van der Waals surface area contributed by atoms with Gasteiger partial charge < -0.3 is 10.1 Å². The Kier molecular flexibility index (Phi) is 2.28. The summed E-state index contributed by atoms with van der Waals surface area (Å²) < 4.78 is 6.00. The fourth-order valence-electron chi connectivity index (χ4n) is 4.22. The topological polar surface area (TPSA) is 24.5 Å². The maximum absolute atomic E-state index is 6.00. The lowest BCUT2D eigenvalue weighted by Crippen LogP contribution is -2.58. The molecule has 3 fully saturated rings. The summed E-state index contributed by atoms with van der Waals surface area (Å²) in [7, 11) is 0. The molecule has 96 valence electrons. The second-order valence-electron chi connectivity index (χ2n) is 6.93. The van der Waals surface area contributed by atoms with Crippen LogP contribution in [0.25, 0.3) is 0 Å². The Balaban J connectivity index is 1.82. The molecular weight excluding hydrogens is 212 g/mol. The van der Waals surface area contributed by atoms with Gasteiger partial charge in [-0.05, 0) is 40.2 Å². The third-order valence-corrected chi connectivity index (χ3v) is 4.56. The lowest BCUT2D eigenvalue weighted by molar-refractivity contribution is -0.0680. The average Bonchev–Trinajstić information content (AvgIpc) is 2.67. The molecule has 0 radical (unpaired) electrons. The van der Waals surface area contributed by atoms with Gasteiger partial charge >= 0.3 is 0 Å². The van der Waals surface area contributed by atoms with Crippen molar-refractivity contribution in [1.82, 2.24) is 10.2 Å². The Morgan fingerprint density at radius 1 is 1.29 bits per heavy atom. The highest BCUT2D eigenvalue weighted by Crippen LogP contribution is 2.47. The molecule has 1 spiro atoms. The van der Waals surface area contributed by atoms with Gasteiger partial charge in [0.2, 0.25) is 0 Å². The second kappa shape index (κ2) is 3.41. The number of ether oxygens (including phenoxy) is 1. The Morgan fingerprint density at radius 3 is 2.29 bits per heavy atom. The summed E-state index contributed by atoms with van der Waals surface area (Å²) in [5.41, 5.74) is 0.334. The van der Waals surface area contributed by atoms with Crippen molar-refractivity contribution in [3.8, 4) is 0 Å². The Labute approximate surface area is 104 Å². The first-order chi connectivity index (χ1) is 7.90. The maximum Gasteiger partial charge on any atom is 0.180 e. The Bertz CT molecular complexity index is 331. The number of fused-ring (bicyclic) bond motifs is 2. The molecule has 0 aromatic carbocycles. The predicted octanol–water partition coefficient (Wildman–Crippen LogP) is 2.24. The van der Waals surface area contributed by atoms with Gasteiger partial charge in [0.15, 0.2) is 5.88 Å². The number of hydrogen-bond donors (Lipinski definition) is 1. The fourth-order valence-corrected chi connectivity index (χ4v) is 4.22. The van der Waals surface area contributed by atoms with Gasteiger partial charge in [0, 0.05) is 30.5 Å². The summed E-state index contributed by atoms with van der Waals surface area (Å²) in [4.78, 5) is 2.72. The van der Waals surface area contributed by atoms with Crippen LogP contribution >= 0.6 is 0 Å². The highest BCUT2D eigenvalue weighted by atomic mass is 16.5. The fraction of sp³-hybridized carbons (Fsp3) is 0.857. The van der Waals surface area contributed by atoms with Crippen LogP contribution in [0.4, 0.5) is 0 Å². The van der Waals surface area contributed by atoms with Crippen LogP contribution in [-0.2, 0) is 4.74 Å². The minimum Gasteiger partial charge on any atom is -0.471 e. The monoisotopic (exact) mass is 236 g/mol. The molecule has 3 heteroatoms. The quantitative estimate of drug-likeness (QED) is 0.698. The van der Waals surface area contributed by atoms with Gasteiger partial charge in [-0.15, -0.1) is 0 Å². The number of piperidine rings is 1. The predicted molar refractivity (Wildman–Crippen MR) is 68.6 cm³/mol. The van der Waals surface area contributed by atoms with Gasteiger partial charge in [0.25, 0.3) is 0 Å². The molecule has 3 aliphatic heterocycles. The van der Waals surface area contributed by atoms with E-state index >= 15 is 0 Å².